The minimum absolute atomic E-state index is 0.0261. The third-order valence-corrected chi connectivity index (χ3v) is 12.3. The molecule has 0 aliphatic carbocycles. The summed E-state index contributed by atoms with van der Waals surface area (Å²) in [6.45, 7) is 25.3. The number of carbonyl (C=O) groups is 4. The maximum absolute atomic E-state index is 13.4. The second-order valence-corrected chi connectivity index (χ2v) is 21.1. The van der Waals surface area contributed by atoms with Gasteiger partial charge in [-0.2, -0.15) is 13.2 Å². The molecule has 1 heterocycles. The number of benzene rings is 1. The van der Waals surface area contributed by atoms with Crippen LogP contribution in [0, 0.1) is 6.57 Å². The molecule has 1 N–H and O–H groups in total. The van der Waals surface area contributed by atoms with Crippen molar-refractivity contribution < 1.29 is 63.4 Å². The summed E-state index contributed by atoms with van der Waals surface area (Å²) in [5.74, 6) is -1.72. The van der Waals surface area contributed by atoms with Gasteiger partial charge in [-0.05, 0) is 120 Å². The average Bonchev–Trinajstić information content (AvgIpc) is 3.26. The van der Waals surface area contributed by atoms with Crippen molar-refractivity contribution in [1.82, 2.24) is 18.8 Å². The van der Waals surface area contributed by atoms with Crippen molar-refractivity contribution in [3.63, 3.8) is 0 Å². The number of rotatable bonds is 14. The summed E-state index contributed by atoms with van der Waals surface area (Å²) in [6.07, 6.45) is -6.57. The normalized spacial score (nSPS) is 14.8. The summed E-state index contributed by atoms with van der Waals surface area (Å²) in [6, 6.07) is 2.86. The number of esters is 1. The van der Waals surface area contributed by atoms with Gasteiger partial charge in [0.25, 0.3) is 5.91 Å². The second-order valence-electron chi connectivity index (χ2n) is 16.5. The summed E-state index contributed by atoms with van der Waals surface area (Å²) < 4.78 is 106. The summed E-state index contributed by atoms with van der Waals surface area (Å²) in [4.78, 5) is 54.0. The van der Waals surface area contributed by atoms with E-state index in [0.717, 1.165) is 18.0 Å². The molecule has 17 nitrogen and oxygen atoms in total. The van der Waals surface area contributed by atoms with Crippen LogP contribution in [-0.4, -0.2) is 127 Å². The van der Waals surface area contributed by atoms with Crippen LogP contribution in [0.4, 0.5) is 34.1 Å². The Balaban J connectivity index is 0.000000654. The van der Waals surface area contributed by atoms with Crippen LogP contribution < -0.4 is 10.2 Å². The predicted molar refractivity (Wildman–Crippen MR) is 222 cm³/mol. The molecule has 0 spiro atoms. The van der Waals surface area contributed by atoms with Crippen molar-refractivity contribution in [3.05, 3.63) is 35.2 Å². The molecular formula is C37H57F3N6O11S3. The lowest BCUT2D eigenvalue weighted by molar-refractivity contribution is -0.149. The first-order valence-electron chi connectivity index (χ1n) is 18.5. The van der Waals surface area contributed by atoms with E-state index < -0.39 is 89.6 Å². The number of thiocarbonyl (C=S) groups is 1. The topological polar surface area (TPSA) is 194 Å². The highest BCUT2D eigenvalue weighted by molar-refractivity contribution is 7.89. The molecule has 23 heteroatoms. The third-order valence-electron chi connectivity index (χ3n) is 8.34. The van der Waals surface area contributed by atoms with Crippen LogP contribution >= 0.6 is 12.2 Å². The van der Waals surface area contributed by atoms with E-state index in [0.29, 0.717) is 14.7 Å². The molecular weight excluding hydrogens is 858 g/mol. The predicted octanol–water partition coefficient (Wildman–Crippen LogP) is 6.06. The van der Waals surface area contributed by atoms with Crippen LogP contribution in [-0.2, 0) is 50.0 Å². The van der Waals surface area contributed by atoms with Crippen molar-refractivity contribution >= 4 is 72.8 Å². The zero-order valence-electron chi connectivity index (χ0n) is 36.3. The Morgan fingerprint density at radius 3 is 1.77 bits per heavy atom. The van der Waals surface area contributed by atoms with Gasteiger partial charge in [0, 0.05) is 26.3 Å². The summed E-state index contributed by atoms with van der Waals surface area (Å²) in [5, 5.41) is 2.84. The highest BCUT2D eigenvalue weighted by Gasteiger charge is 2.50. The fourth-order valence-corrected chi connectivity index (χ4v) is 7.61. The lowest BCUT2D eigenvalue weighted by Gasteiger charge is -2.29. The van der Waals surface area contributed by atoms with Gasteiger partial charge < -0.3 is 24.4 Å². The van der Waals surface area contributed by atoms with E-state index in [-0.39, 0.29) is 49.1 Å². The molecule has 0 saturated carbocycles. The molecule has 1 fully saturated rings. The molecule has 2 rings (SSSR count). The van der Waals surface area contributed by atoms with Crippen molar-refractivity contribution in [2.75, 3.05) is 50.2 Å². The second kappa shape index (κ2) is 20.1. The lowest BCUT2D eigenvalue weighted by Crippen LogP contribution is -2.48. The number of alkyl halides is 3. The van der Waals surface area contributed by atoms with Crippen LogP contribution in [0.3, 0.4) is 0 Å². The zero-order chi connectivity index (χ0) is 47.0. The molecule has 3 amide bonds. The monoisotopic (exact) mass is 914 g/mol. The Hall–Kier alpha value is -4.27. The van der Waals surface area contributed by atoms with Gasteiger partial charge in [0.2, 0.25) is 20.0 Å². The van der Waals surface area contributed by atoms with E-state index >= 15 is 0 Å². The molecule has 0 atom stereocenters. The van der Waals surface area contributed by atoms with Gasteiger partial charge in [0.1, 0.15) is 22.3 Å². The van der Waals surface area contributed by atoms with Gasteiger partial charge in [-0.3, -0.25) is 14.5 Å². The van der Waals surface area contributed by atoms with Gasteiger partial charge in [0.05, 0.1) is 30.2 Å². The molecule has 1 aliphatic heterocycles. The van der Waals surface area contributed by atoms with Crippen LogP contribution in [0.25, 0.3) is 4.85 Å². The maximum Gasteiger partial charge on any atom is 0.423 e. The largest absolute Gasteiger partial charge is 0.465 e. The van der Waals surface area contributed by atoms with Gasteiger partial charge >= 0.3 is 24.3 Å². The molecule has 340 valence electrons. The molecule has 1 aromatic carbocycles. The Morgan fingerprint density at radius 2 is 1.35 bits per heavy atom. The third kappa shape index (κ3) is 15.0. The molecule has 0 radical (unpaired) electrons. The average molecular weight is 915 g/mol. The first-order valence-corrected chi connectivity index (χ1v) is 22.2. The summed E-state index contributed by atoms with van der Waals surface area (Å²) in [7, 11) is -5.59. The molecule has 0 bridgehead atoms. The van der Waals surface area contributed by atoms with E-state index in [9.17, 15) is 49.2 Å². The minimum atomic E-state index is -4.82. The Kier molecular flexibility index (Phi) is 18.0. The fraction of sp³-hybridized carbons (Fsp3) is 0.676. The Morgan fingerprint density at radius 1 is 0.883 bits per heavy atom. The van der Waals surface area contributed by atoms with E-state index in [2.05, 4.69) is 10.2 Å². The number of hydrogen-bond acceptors (Lipinski definition) is 13. The maximum atomic E-state index is 13.4. The molecule has 1 aliphatic rings. The van der Waals surface area contributed by atoms with Crippen molar-refractivity contribution in [1.29, 1.82) is 0 Å². The van der Waals surface area contributed by atoms with Gasteiger partial charge in [-0.1, -0.05) is 6.07 Å². The van der Waals surface area contributed by atoms with Crippen molar-refractivity contribution in [2.24, 2.45) is 0 Å². The first kappa shape index (κ1) is 53.7. The molecule has 1 saturated heterocycles. The smallest absolute Gasteiger partial charge is 0.423 e. The number of anilines is 1. The highest BCUT2D eigenvalue weighted by Crippen LogP contribution is 2.41. The van der Waals surface area contributed by atoms with E-state index in [1.807, 2.05) is 0 Å². The number of nitrogens with one attached hydrogen (secondary N) is 1. The van der Waals surface area contributed by atoms with E-state index in [1.54, 1.807) is 62.3 Å². The standard InChI is InChI=1S/C22H27F3N4O5S2.C15H30N2O6S/c1-20(2,3)34-19(31)27(7)36(32,33)12-8-11-28-18(35)29(17(30)21(28,4)5)14-9-10-16(26-6)15(13-14)22(23,24)25;1-8-22-12(18)15(5,6)16-10-9-11-24(20,21)17(7)13(19)23-14(2,3)4/h9-10,13H,8,11-12H2,1-5,7H3;16H,8-11H2,1-7H3. The number of ether oxygens (including phenoxy) is 3. The fourth-order valence-electron chi connectivity index (χ4n) is 5.02. The number of sulfonamides is 2. The number of nitrogens with zero attached hydrogens (tertiary/aromatic N) is 5. The van der Waals surface area contributed by atoms with E-state index in [4.69, 9.17) is 33.0 Å². The number of carbonyl (C=O) groups excluding carboxylic acids is 4. The van der Waals surface area contributed by atoms with Crippen molar-refractivity contribution in [3.8, 4) is 0 Å². The zero-order valence-corrected chi connectivity index (χ0v) is 38.7. The molecule has 1 aromatic rings. The van der Waals surface area contributed by atoms with Gasteiger partial charge in [-0.25, -0.2) is 39.9 Å². The Bertz CT molecular complexity index is 2020. The van der Waals surface area contributed by atoms with E-state index in [1.165, 1.54) is 31.9 Å². The quantitative estimate of drug-likeness (QED) is 0.0744. The van der Waals surface area contributed by atoms with Crippen LogP contribution in [0.1, 0.15) is 94.6 Å². The van der Waals surface area contributed by atoms with Gasteiger partial charge in [0.15, 0.2) is 10.8 Å². The number of hydrogen-bond donors (Lipinski definition) is 1. The van der Waals surface area contributed by atoms with Gasteiger partial charge in [-0.15, -0.1) is 0 Å². The Labute approximate surface area is 356 Å². The molecule has 0 unspecified atom stereocenters. The minimum Gasteiger partial charge on any atom is -0.465 e. The molecule has 60 heavy (non-hydrogen) atoms. The number of amides is 3. The van der Waals surface area contributed by atoms with Crippen molar-refractivity contribution in [2.45, 2.75) is 117 Å². The van der Waals surface area contributed by atoms with Crippen LogP contribution in [0.5, 0.6) is 0 Å². The van der Waals surface area contributed by atoms with Crippen LogP contribution in [0.15, 0.2) is 18.2 Å². The number of halogens is 3. The molecule has 0 aromatic heterocycles. The SMILES string of the molecule is CCOC(=O)C(C)(C)NCCCS(=O)(=O)N(C)C(=O)OC(C)(C)C.[C-]#[N+]c1ccc(N2C(=O)C(C)(C)N(CCCS(=O)(=O)N(C)C(=O)OC(C)(C)C)C2=S)cc1C(F)(F)F. The summed E-state index contributed by atoms with van der Waals surface area (Å²) in [5.41, 5.74) is -5.82. The first-order chi connectivity index (χ1) is 27.0. The highest BCUT2D eigenvalue weighted by atomic mass is 32.2. The van der Waals surface area contributed by atoms with Crippen LogP contribution in [0.2, 0.25) is 0 Å². The lowest BCUT2D eigenvalue weighted by atomic mass is 10.0. The summed E-state index contributed by atoms with van der Waals surface area (Å²) >= 11 is 5.38.